The summed E-state index contributed by atoms with van der Waals surface area (Å²) in [5.41, 5.74) is 1.61. The molecule has 0 aliphatic carbocycles. The van der Waals surface area contributed by atoms with Crippen LogP contribution in [0.4, 0.5) is 0 Å². The lowest BCUT2D eigenvalue weighted by atomic mass is 10.1. The van der Waals surface area contributed by atoms with E-state index in [2.05, 4.69) is 16.7 Å². The molecule has 0 amide bonds. The lowest BCUT2D eigenvalue weighted by Gasteiger charge is -2.24. The van der Waals surface area contributed by atoms with E-state index in [4.69, 9.17) is 0 Å². The molecule has 2 nitrogen and oxygen atoms in total. The van der Waals surface area contributed by atoms with Crippen molar-refractivity contribution in [1.29, 1.82) is 0 Å². The highest BCUT2D eigenvalue weighted by atomic mass is 32.2. The van der Waals surface area contributed by atoms with Crippen LogP contribution in [0.1, 0.15) is 22.3 Å². The van der Waals surface area contributed by atoms with Gasteiger partial charge in [-0.3, -0.25) is 4.79 Å². The highest BCUT2D eigenvalue weighted by Crippen LogP contribution is 2.09. The van der Waals surface area contributed by atoms with Crippen LogP contribution >= 0.6 is 11.8 Å². The van der Waals surface area contributed by atoms with Crippen LogP contribution < -0.4 is 0 Å². The van der Waals surface area contributed by atoms with Gasteiger partial charge in [0.2, 0.25) is 0 Å². The number of thioether (sulfide) groups is 1. The first-order valence-electron chi connectivity index (χ1n) is 6.23. The number of rotatable bonds is 3. The van der Waals surface area contributed by atoms with Crippen molar-refractivity contribution in [1.82, 2.24) is 4.90 Å². The molecule has 18 heavy (non-hydrogen) atoms. The van der Waals surface area contributed by atoms with E-state index in [0.29, 0.717) is 5.56 Å². The van der Waals surface area contributed by atoms with E-state index in [1.54, 1.807) is 6.07 Å². The molecule has 0 atom stereocenters. The van der Waals surface area contributed by atoms with Gasteiger partial charge >= 0.3 is 0 Å². The minimum absolute atomic E-state index is 0.690. The molecule has 0 unspecified atom stereocenters. The molecular weight excluding hydrogens is 242 g/mol. The monoisotopic (exact) mass is 259 g/mol. The third-order valence-corrected chi connectivity index (χ3v) is 3.85. The van der Waals surface area contributed by atoms with Crippen molar-refractivity contribution in [3.05, 3.63) is 35.4 Å². The van der Waals surface area contributed by atoms with Gasteiger partial charge in [-0.1, -0.05) is 24.0 Å². The molecule has 1 aliphatic heterocycles. The Balaban J connectivity index is 1.81. The predicted octanol–water partition coefficient (Wildman–Crippen LogP) is 2.29. The van der Waals surface area contributed by atoms with Crippen molar-refractivity contribution in [2.75, 3.05) is 31.1 Å². The Morgan fingerprint density at radius 3 is 2.94 bits per heavy atom. The van der Waals surface area contributed by atoms with Crippen LogP contribution in [0.3, 0.4) is 0 Å². The first kappa shape index (κ1) is 13.2. The number of hydrogen-bond donors (Lipinski definition) is 0. The molecule has 1 saturated heterocycles. The van der Waals surface area contributed by atoms with Crippen LogP contribution in [0.15, 0.2) is 24.3 Å². The summed E-state index contributed by atoms with van der Waals surface area (Å²) in [6.07, 6.45) is 1.76. The van der Waals surface area contributed by atoms with Crippen LogP contribution in [0.25, 0.3) is 0 Å². The van der Waals surface area contributed by atoms with E-state index in [1.807, 2.05) is 30.0 Å². The van der Waals surface area contributed by atoms with Crippen molar-refractivity contribution in [3.63, 3.8) is 0 Å². The fourth-order valence-corrected chi connectivity index (χ4v) is 2.87. The molecule has 0 aromatic heterocycles. The topological polar surface area (TPSA) is 20.3 Å². The van der Waals surface area contributed by atoms with E-state index in [9.17, 15) is 4.79 Å². The maximum Gasteiger partial charge on any atom is 0.150 e. The van der Waals surface area contributed by atoms with Gasteiger partial charge in [-0.2, -0.15) is 11.8 Å². The summed E-state index contributed by atoms with van der Waals surface area (Å²) in [7, 11) is 0. The maximum absolute atomic E-state index is 10.6. The number of hydrogen-bond acceptors (Lipinski definition) is 3. The van der Waals surface area contributed by atoms with E-state index in [-0.39, 0.29) is 0 Å². The van der Waals surface area contributed by atoms with Gasteiger partial charge in [0, 0.05) is 48.7 Å². The summed E-state index contributed by atoms with van der Waals surface area (Å²) in [6.45, 7) is 3.43. The summed E-state index contributed by atoms with van der Waals surface area (Å²) < 4.78 is 0. The van der Waals surface area contributed by atoms with Gasteiger partial charge in [0.15, 0.2) is 0 Å². The molecule has 2 rings (SSSR count). The van der Waals surface area contributed by atoms with Crippen molar-refractivity contribution in [3.8, 4) is 11.8 Å². The van der Waals surface area contributed by atoms with Crippen LogP contribution in [-0.4, -0.2) is 42.3 Å². The standard InChI is InChI=1S/C15H17NOS/c17-13-15-6-3-5-14(12-15)4-1-2-7-16-8-10-18-11-9-16/h3,5-6,12-13H,2,7-11H2. The van der Waals surface area contributed by atoms with Crippen LogP contribution in [0, 0.1) is 11.8 Å². The Kier molecular flexibility index (Phi) is 5.32. The lowest BCUT2D eigenvalue weighted by molar-refractivity contribution is 0.112. The van der Waals surface area contributed by atoms with Gasteiger partial charge in [-0.05, 0) is 12.1 Å². The number of nitrogens with zero attached hydrogens (tertiary/aromatic N) is 1. The van der Waals surface area contributed by atoms with Gasteiger partial charge < -0.3 is 4.90 Å². The van der Waals surface area contributed by atoms with Crippen LogP contribution in [0.5, 0.6) is 0 Å². The average Bonchev–Trinajstić information content (AvgIpc) is 2.45. The fraction of sp³-hybridized carbons (Fsp3) is 0.400. The molecule has 1 heterocycles. The van der Waals surface area contributed by atoms with Crippen LogP contribution in [-0.2, 0) is 0 Å². The smallest absolute Gasteiger partial charge is 0.150 e. The summed E-state index contributed by atoms with van der Waals surface area (Å²) in [6, 6.07) is 7.44. The minimum Gasteiger partial charge on any atom is -0.301 e. The van der Waals surface area contributed by atoms with E-state index in [1.165, 1.54) is 24.6 Å². The normalized spacial score (nSPS) is 15.8. The second-order valence-corrected chi connectivity index (χ2v) is 5.47. The maximum atomic E-state index is 10.6. The molecule has 1 fully saturated rings. The highest BCUT2D eigenvalue weighted by molar-refractivity contribution is 7.99. The number of carbonyl (C=O) groups is 1. The average molecular weight is 259 g/mol. The van der Waals surface area contributed by atoms with Gasteiger partial charge in [0.05, 0.1) is 0 Å². The molecule has 1 aliphatic rings. The third kappa shape index (κ3) is 4.21. The Morgan fingerprint density at radius 2 is 2.17 bits per heavy atom. The SMILES string of the molecule is O=Cc1cccc(C#CCCN2CCSCC2)c1. The Morgan fingerprint density at radius 1 is 1.33 bits per heavy atom. The fourth-order valence-electron chi connectivity index (χ4n) is 1.89. The van der Waals surface area contributed by atoms with Crippen molar-refractivity contribution in [2.24, 2.45) is 0 Å². The van der Waals surface area contributed by atoms with Gasteiger partial charge in [-0.15, -0.1) is 0 Å². The van der Waals surface area contributed by atoms with Crippen molar-refractivity contribution in [2.45, 2.75) is 6.42 Å². The van der Waals surface area contributed by atoms with Gasteiger partial charge in [0.25, 0.3) is 0 Å². The predicted molar refractivity (Wildman–Crippen MR) is 77.1 cm³/mol. The van der Waals surface area contributed by atoms with Gasteiger partial charge in [-0.25, -0.2) is 0 Å². The van der Waals surface area contributed by atoms with Crippen molar-refractivity contribution >= 4 is 18.0 Å². The lowest BCUT2D eigenvalue weighted by Crippen LogP contribution is -2.33. The second kappa shape index (κ2) is 7.25. The largest absolute Gasteiger partial charge is 0.301 e. The first-order valence-corrected chi connectivity index (χ1v) is 7.38. The molecule has 0 spiro atoms. The van der Waals surface area contributed by atoms with E-state index >= 15 is 0 Å². The molecule has 1 aromatic carbocycles. The molecule has 0 N–H and O–H groups in total. The molecule has 94 valence electrons. The highest BCUT2D eigenvalue weighted by Gasteiger charge is 2.08. The Hall–Kier alpha value is -1.24. The Bertz CT molecular complexity index is 455. The minimum atomic E-state index is 0.690. The second-order valence-electron chi connectivity index (χ2n) is 4.25. The zero-order valence-electron chi connectivity index (χ0n) is 10.4. The zero-order valence-corrected chi connectivity index (χ0v) is 11.2. The molecule has 0 bridgehead atoms. The van der Waals surface area contributed by atoms with Crippen molar-refractivity contribution < 1.29 is 4.79 Å². The van der Waals surface area contributed by atoms with E-state index < -0.39 is 0 Å². The molecular formula is C15H17NOS. The quantitative estimate of drug-likeness (QED) is 0.613. The first-order chi connectivity index (χ1) is 8.88. The number of aldehydes is 1. The summed E-state index contributed by atoms with van der Waals surface area (Å²) in [5.74, 6) is 8.79. The molecule has 0 radical (unpaired) electrons. The summed E-state index contributed by atoms with van der Waals surface area (Å²) >= 11 is 2.03. The van der Waals surface area contributed by atoms with Crippen LogP contribution in [0.2, 0.25) is 0 Å². The zero-order chi connectivity index (χ0) is 12.6. The summed E-state index contributed by atoms with van der Waals surface area (Å²) in [4.78, 5) is 13.1. The molecule has 3 heteroatoms. The van der Waals surface area contributed by atoms with E-state index in [0.717, 1.165) is 24.8 Å². The molecule has 1 aromatic rings. The van der Waals surface area contributed by atoms with Gasteiger partial charge in [0.1, 0.15) is 6.29 Å². The number of carbonyl (C=O) groups excluding carboxylic acids is 1. The third-order valence-electron chi connectivity index (χ3n) is 2.91. The molecule has 0 saturated carbocycles. The number of benzene rings is 1. The Labute approximate surface area is 113 Å². The summed E-state index contributed by atoms with van der Waals surface area (Å²) in [5, 5.41) is 0.